The van der Waals surface area contributed by atoms with Gasteiger partial charge in [-0.3, -0.25) is 9.10 Å². The second-order valence-corrected chi connectivity index (χ2v) is 9.39. The van der Waals surface area contributed by atoms with Crippen LogP contribution in [0.25, 0.3) is 0 Å². The quantitative estimate of drug-likeness (QED) is 0.698. The van der Waals surface area contributed by atoms with Crippen LogP contribution in [0.5, 0.6) is 11.5 Å². The van der Waals surface area contributed by atoms with E-state index in [0.29, 0.717) is 24.2 Å². The highest BCUT2D eigenvalue weighted by Crippen LogP contribution is 2.42. The first kappa shape index (κ1) is 18.7. The maximum Gasteiger partial charge on any atom is 0.252 e. The summed E-state index contributed by atoms with van der Waals surface area (Å²) in [5.74, 6) is 1.37. The van der Waals surface area contributed by atoms with Crippen LogP contribution in [0.1, 0.15) is 33.9 Å². The van der Waals surface area contributed by atoms with Gasteiger partial charge in [0.05, 0.1) is 17.5 Å². The summed E-state index contributed by atoms with van der Waals surface area (Å²) in [6.45, 7) is 0.476. The molecule has 2 aliphatic heterocycles. The summed E-state index contributed by atoms with van der Waals surface area (Å²) < 4.78 is 31.6. The van der Waals surface area contributed by atoms with Crippen LogP contribution < -0.4 is 14.4 Å². The first-order valence-electron chi connectivity index (χ1n) is 9.80. The van der Waals surface area contributed by atoms with Crippen molar-refractivity contribution in [3.05, 3.63) is 89.5 Å². The van der Waals surface area contributed by atoms with Gasteiger partial charge in [0.2, 0.25) is 10.0 Å². The highest BCUT2D eigenvalue weighted by Gasteiger charge is 2.30. The SMILES string of the molecule is O=C(NC1c2ccccc2Oc2ccccc21)c1ccc(N2CCCS2(=O)=O)cc1. The fraction of sp³-hybridized carbons (Fsp3) is 0.174. The van der Waals surface area contributed by atoms with Gasteiger partial charge < -0.3 is 10.1 Å². The number of para-hydroxylation sites is 2. The van der Waals surface area contributed by atoms with Crippen LogP contribution in [-0.4, -0.2) is 26.6 Å². The molecule has 1 N–H and O–H groups in total. The van der Waals surface area contributed by atoms with Crippen molar-refractivity contribution in [3.63, 3.8) is 0 Å². The van der Waals surface area contributed by atoms with Crippen molar-refractivity contribution in [2.75, 3.05) is 16.6 Å². The second-order valence-electron chi connectivity index (χ2n) is 7.37. The Bertz CT molecular complexity index is 1180. The molecule has 1 fully saturated rings. The molecule has 3 aromatic carbocycles. The molecular weight excluding hydrogens is 400 g/mol. The number of fused-ring (bicyclic) bond motifs is 2. The van der Waals surface area contributed by atoms with Crippen LogP contribution in [0.3, 0.4) is 0 Å². The molecule has 5 rings (SSSR count). The third-order valence-electron chi connectivity index (χ3n) is 5.47. The molecule has 7 heteroatoms. The maximum atomic E-state index is 13.0. The summed E-state index contributed by atoms with van der Waals surface area (Å²) in [6.07, 6.45) is 0.618. The molecule has 2 aliphatic rings. The molecule has 0 radical (unpaired) electrons. The number of carbonyl (C=O) groups excluding carboxylic acids is 1. The number of amides is 1. The number of sulfonamides is 1. The monoisotopic (exact) mass is 420 g/mol. The van der Waals surface area contributed by atoms with Crippen LogP contribution in [0.2, 0.25) is 0 Å². The number of anilines is 1. The van der Waals surface area contributed by atoms with E-state index in [2.05, 4.69) is 5.32 Å². The highest BCUT2D eigenvalue weighted by atomic mass is 32.2. The van der Waals surface area contributed by atoms with Gasteiger partial charge in [-0.25, -0.2) is 8.42 Å². The van der Waals surface area contributed by atoms with E-state index in [0.717, 1.165) is 22.6 Å². The topological polar surface area (TPSA) is 75.7 Å². The zero-order valence-electron chi connectivity index (χ0n) is 16.1. The Labute approximate surface area is 175 Å². The Hall–Kier alpha value is -3.32. The zero-order valence-corrected chi connectivity index (χ0v) is 16.9. The molecule has 0 bridgehead atoms. The van der Waals surface area contributed by atoms with E-state index >= 15 is 0 Å². The Morgan fingerprint density at radius 3 is 2.07 bits per heavy atom. The van der Waals surface area contributed by atoms with Crippen LogP contribution >= 0.6 is 0 Å². The molecule has 0 atom stereocenters. The molecule has 6 nitrogen and oxygen atoms in total. The van der Waals surface area contributed by atoms with E-state index in [1.54, 1.807) is 24.3 Å². The number of rotatable bonds is 3. The van der Waals surface area contributed by atoms with Crippen molar-refractivity contribution in [2.45, 2.75) is 12.5 Å². The van der Waals surface area contributed by atoms with Crippen LogP contribution in [0, 0.1) is 0 Å². The predicted octanol–water partition coefficient (Wildman–Crippen LogP) is 3.85. The third-order valence-corrected chi connectivity index (χ3v) is 7.34. The van der Waals surface area contributed by atoms with Crippen LogP contribution in [0.4, 0.5) is 5.69 Å². The van der Waals surface area contributed by atoms with Gasteiger partial charge in [-0.05, 0) is 42.8 Å². The van der Waals surface area contributed by atoms with E-state index < -0.39 is 10.0 Å². The fourth-order valence-electron chi connectivity index (χ4n) is 3.99. The van der Waals surface area contributed by atoms with E-state index in [4.69, 9.17) is 4.74 Å². The lowest BCUT2D eigenvalue weighted by molar-refractivity contribution is 0.0941. The number of nitrogens with zero attached hydrogens (tertiary/aromatic N) is 1. The molecule has 0 unspecified atom stereocenters. The molecule has 3 aromatic rings. The Morgan fingerprint density at radius 2 is 1.50 bits per heavy atom. The Balaban J connectivity index is 1.42. The molecule has 2 heterocycles. The average molecular weight is 420 g/mol. The van der Waals surface area contributed by atoms with Crippen molar-refractivity contribution in [2.24, 2.45) is 0 Å². The van der Waals surface area contributed by atoms with Crippen molar-refractivity contribution < 1.29 is 17.9 Å². The van der Waals surface area contributed by atoms with Gasteiger partial charge in [0.15, 0.2) is 0 Å². The lowest BCUT2D eigenvalue weighted by Gasteiger charge is -2.28. The summed E-state index contributed by atoms with van der Waals surface area (Å²) >= 11 is 0. The van der Waals surface area contributed by atoms with Crippen molar-refractivity contribution in [3.8, 4) is 11.5 Å². The minimum absolute atomic E-state index is 0.164. The molecule has 30 heavy (non-hydrogen) atoms. The maximum absolute atomic E-state index is 13.0. The van der Waals surface area contributed by atoms with Gasteiger partial charge in [-0.1, -0.05) is 36.4 Å². The molecule has 0 aliphatic carbocycles. The molecule has 0 saturated carbocycles. The predicted molar refractivity (Wildman–Crippen MR) is 114 cm³/mol. The van der Waals surface area contributed by atoms with Crippen molar-refractivity contribution in [1.82, 2.24) is 5.32 Å². The van der Waals surface area contributed by atoms with Gasteiger partial charge in [0, 0.05) is 23.2 Å². The van der Waals surface area contributed by atoms with Crippen molar-refractivity contribution >= 4 is 21.6 Å². The summed E-state index contributed by atoms with van der Waals surface area (Å²) in [4.78, 5) is 13.0. The van der Waals surface area contributed by atoms with E-state index in [9.17, 15) is 13.2 Å². The Morgan fingerprint density at radius 1 is 0.900 bits per heavy atom. The number of hydrogen-bond acceptors (Lipinski definition) is 4. The average Bonchev–Trinajstić information content (AvgIpc) is 3.12. The second kappa shape index (κ2) is 7.18. The van der Waals surface area contributed by atoms with E-state index in [1.807, 2.05) is 48.5 Å². The molecule has 152 valence electrons. The van der Waals surface area contributed by atoms with Crippen LogP contribution in [0.15, 0.2) is 72.8 Å². The summed E-state index contributed by atoms with van der Waals surface area (Å²) in [6, 6.07) is 21.6. The summed E-state index contributed by atoms with van der Waals surface area (Å²) in [5.41, 5.74) is 2.84. The standard InChI is InChI=1S/C23H20N2O4S/c26-23(16-10-12-17(13-11-16)25-14-5-15-30(25,27)28)24-22-18-6-1-3-8-20(18)29-21-9-4-2-7-19(21)22/h1-4,6-13,22H,5,14-15H2,(H,24,26). The number of carbonyl (C=O) groups is 1. The van der Waals surface area contributed by atoms with Gasteiger partial charge in [0.25, 0.3) is 5.91 Å². The fourth-order valence-corrected chi connectivity index (χ4v) is 5.55. The van der Waals surface area contributed by atoms with Crippen LogP contribution in [-0.2, 0) is 10.0 Å². The van der Waals surface area contributed by atoms with E-state index in [-0.39, 0.29) is 17.7 Å². The van der Waals surface area contributed by atoms with Gasteiger partial charge in [0.1, 0.15) is 11.5 Å². The smallest absolute Gasteiger partial charge is 0.252 e. The number of benzene rings is 3. The van der Waals surface area contributed by atoms with Gasteiger partial charge in [-0.15, -0.1) is 0 Å². The molecule has 0 spiro atoms. The molecule has 1 saturated heterocycles. The number of hydrogen-bond donors (Lipinski definition) is 1. The van der Waals surface area contributed by atoms with Gasteiger partial charge >= 0.3 is 0 Å². The lowest BCUT2D eigenvalue weighted by atomic mass is 9.94. The Kier molecular flexibility index (Phi) is 4.47. The van der Waals surface area contributed by atoms with E-state index in [1.165, 1.54) is 4.31 Å². The van der Waals surface area contributed by atoms with Crippen molar-refractivity contribution in [1.29, 1.82) is 0 Å². The molecular formula is C23H20N2O4S. The first-order chi connectivity index (χ1) is 14.5. The summed E-state index contributed by atoms with van der Waals surface area (Å²) in [5, 5.41) is 3.10. The highest BCUT2D eigenvalue weighted by molar-refractivity contribution is 7.93. The molecule has 0 aromatic heterocycles. The molecule has 1 amide bonds. The number of ether oxygens (including phenoxy) is 1. The normalized spacial score (nSPS) is 17.0. The summed E-state index contributed by atoms with van der Waals surface area (Å²) in [7, 11) is -3.24. The minimum Gasteiger partial charge on any atom is -0.457 e. The third kappa shape index (κ3) is 3.21. The number of nitrogens with one attached hydrogen (secondary N) is 1. The lowest BCUT2D eigenvalue weighted by Crippen LogP contribution is -2.31. The zero-order chi connectivity index (χ0) is 20.7. The largest absolute Gasteiger partial charge is 0.457 e. The van der Waals surface area contributed by atoms with Gasteiger partial charge in [-0.2, -0.15) is 0 Å². The first-order valence-corrected chi connectivity index (χ1v) is 11.4. The minimum atomic E-state index is -3.24.